The van der Waals surface area contributed by atoms with Gasteiger partial charge in [-0.3, -0.25) is 0 Å². The van der Waals surface area contributed by atoms with Crippen molar-refractivity contribution in [2.45, 2.75) is 12.5 Å². The van der Waals surface area contributed by atoms with Gasteiger partial charge in [-0.2, -0.15) is 0 Å². The van der Waals surface area contributed by atoms with Crippen LogP contribution in [0.3, 0.4) is 0 Å². The molecule has 3 nitrogen and oxygen atoms in total. The van der Waals surface area contributed by atoms with Crippen molar-refractivity contribution < 1.29 is 12.9 Å². The summed E-state index contributed by atoms with van der Waals surface area (Å²) in [6.45, 7) is 0. The van der Waals surface area contributed by atoms with E-state index in [9.17, 15) is 8.42 Å². The molecule has 0 spiro atoms. The molecule has 1 aliphatic rings. The Labute approximate surface area is 68.5 Å². The number of hydrogen-bond acceptors (Lipinski definition) is 2. The molecule has 0 amide bonds. The predicted molar refractivity (Wildman–Crippen MR) is 45.1 cm³/mol. The third-order valence-corrected chi connectivity index (χ3v) is 4.05. The highest BCUT2D eigenvalue weighted by atomic mass is 32.2. The van der Waals surface area contributed by atoms with E-state index in [2.05, 4.69) is 0 Å². The van der Waals surface area contributed by atoms with Crippen LogP contribution < -0.4 is 0 Å². The first kappa shape index (κ1) is 9.00. The molecule has 4 heteroatoms. The zero-order valence-electron chi connectivity index (χ0n) is 7.37. The molecule has 0 saturated carbocycles. The quantitative estimate of drug-likeness (QED) is 0.525. The van der Waals surface area contributed by atoms with Crippen LogP contribution in [0, 0.1) is 0 Å². The highest BCUT2D eigenvalue weighted by Crippen LogP contribution is 2.19. The highest BCUT2D eigenvalue weighted by Gasteiger charge is 2.36. The van der Waals surface area contributed by atoms with Crippen molar-refractivity contribution in [3.63, 3.8) is 0 Å². The molecule has 1 saturated heterocycles. The van der Waals surface area contributed by atoms with Crippen molar-refractivity contribution in [2.24, 2.45) is 0 Å². The summed E-state index contributed by atoms with van der Waals surface area (Å²) in [6.07, 6.45) is 0.825. The predicted octanol–water partition coefficient (Wildman–Crippen LogP) is -0.120. The number of sulfone groups is 1. The van der Waals surface area contributed by atoms with E-state index < -0.39 is 9.84 Å². The number of nitrogens with zero attached hydrogens (tertiary/aromatic N) is 1. The standard InChI is InChI=1S/C7H16NO2S/c1-8(2,3)7-4-5-11(9,10)6-7/h7H,4-6H2,1-3H3/q+1. The van der Waals surface area contributed by atoms with E-state index in [0.29, 0.717) is 17.5 Å². The fourth-order valence-corrected chi connectivity index (χ4v) is 3.38. The van der Waals surface area contributed by atoms with Crippen LogP contribution in [0.25, 0.3) is 0 Å². The maximum absolute atomic E-state index is 11.1. The van der Waals surface area contributed by atoms with Crippen LogP contribution in [0.1, 0.15) is 6.42 Å². The van der Waals surface area contributed by atoms with Crippen molar-refractivity contribution in [2.75, 3.05) is 32.6 Å². The SMILES string of the molecule is C[N+](C)(C)C1CCS(=O)(=O)C1. The van der Waals surface area contributed by atoms with Gasteiger partial charge in [0.2, 0.25) is 0 Å². The molecule has 0 N–H and O–H groups in total. The molecule has 11 heavy (non-hydrogen) atoms. The summed E-state index contributed by atoms with van der Waals surface area (Å²) in [6, 6.07) is 0.306. The fourth-order valence-electron chi connectivity index (χ4n) is 1.39. The van der Waals surface area contributed by atoms with E-state index in [1.807, 2.05) is 21.1 Å². The molecule has 1 rings (SSSR count). The first-order valence-corrected chi connectivity index (χ1v) is 5.65. The summed E-state index contributed by atoms with van der Waals surface area (Å²) in [5.41, 5.74) is 0. The Hall–Kier alpha value is -0.0900. The van der Waals surface area contributed by atoms with Crippen molar-refractivity contribution in [3.8, 4) is 0 Å². The molecule has 1 fully saturated rings. The van der Waals surface area contributed by atoms with Crippen LogP contribution in [0.15, 0.2) is 0 Å². The van der Waals surface area contributed by atoms with Gasteiger partial charge >= 0.3 is 0 Å². The van der Waals surface area contributed by atoms with Crippen LogP contribution in [-0.4, -0.2) is 51.6 Å². The van der Waals surface area contributed by atoms with Gasteiger partial charge in [-0.15, -0.1) is 0 Å². The normalized spacial score (nSPS) is 30.6. The lowest BCUT2D eigenvalue weighted by atomic mass is 10.2. The van der Waals surface area contributed by atoms with Crippen molar-refractivity contribution >= 4 is 9.84 Å². The maximum atomic E-state index is 11.1. The van der Waals surface area contributed by atoms with Gasteiger partial charge in [-0.1, -0.05) is 0 Å². The Morgan fingerprint density at radius 1 is 1.27 bits per heavy atom. The molecule has 0 aromatic carbocycles. The lowest BCUT2D eigenvalue weighted by molar-refractivity contribution is -0.892. The fraction of sp³-hybridized carbons (Fsp3) is 1.00. The Balaban J connectivity index is 2.70. The van der Waals surface area contributed by atoms with Gasteiger partial charge in [0, 0.05) is 6.42 Å². The molecule has 0 aliphatic carbocycles. The molecule has 1 aliphatic heterocycles. The molecule has 0 bridgehead atoms. The number of hydrogen-bond donors (Lipinski definition) is 0. The van der Waals surface area contributed by atoms with E-state index in [-0.39, 0.29) is 0 Å². The summed E-state index contributed by atoms with van der Waals surface area (Å²) in [5.74, 6) is 0.754. The van der Waals surface area contributed by atoms with Gasteiger partial charge in [-0.25, -0.2) is 8.42 Å². The lowest BCUT2D eigenvalue weighted by Gasteiger charge is -2.30. The molecular formula is C7H16NO2S+. The minimum Gasteiger partial charge on any atom is -0.328 e. The van der Waals surface area contributed by atoms with E-state index in [1.54, 1.807) is 0 Å². The summed E-state index contributed by atoms with van der Waals surface area (Å²) in [7, 11) is 3.45. The number of quaternary nitrogens is 1. The minimum absolute atomic E-state index is 0.306. The van der Waals surface area contributed by atoms with Gasteiger partial charge in [-0.05, 0) is 0 Å². The van der Waals surface area contributed by atoms with E-state index >= 15 is 0 Å². The van der Waals surface area contributed by atoms with E-state index in [4.69, 9.17) is 0 Å². The van der Waals surface area contributed by atoms with Crippen molar-refractivity contribution in [1.82, 2.24) is 0 Å². The average Bonchev–Trinajstić information content (AvgIpc) is 2.07. The van der Waals surface area contributed by atoms with Crippen LogP contribution in [0.4, 0.5) is 0 Å². The summed E-state index contributed by atoms with van der Waals surface area (Å²) < 4.78 is 22.9. The molecular weight excluding hydrogens is 162 g/mol. The lowest BCUT2D eigenvalue weighted by Crippen LogP contribution is -2.45. The largest absolute Gasteiger partial charge is 0.328 e. The Kier molecular flexibility index (Phi) is 2.01. The smallest absolute Gasteiger partial charge is 0.156 e. The second-order valence-electron chi connectivity index (χ2n) is 4.17. The summed E-state index contributed by atoms with van der Waals surface area (Å²) >= 11 is 0. The second-order valence-corrected chi connectivity index (χ2v) is 6.40. The summed E-state index contributed by atoms with van der Waals surface area (Å²) in [4.78, 5) is 0. The molecule has 1 heterocycles. The number of rotatable bonds is 1. The summed E-state index contributed by atoms with van der Waals surface area (Å²) in [5, 5.41) is 0. The monoisotopic (exact) mass is 178 g/mol. The first-order valence-electron chi connectivity index (χ1n) is 3.83. The van der Waals surface area contributed by atoms with Gasteiger partial charge in [0.15, 0.2) is 9.84 Å². The topological polar surface area (TPSA) is 34.1 Å². The second kappa shape index (κ2) is 2.45. The zero-order chi connectivity index (χ0) is 8.70. The van der Waals surface area contributed by atoms with Gasteiger partial charge in [0.25, 0.3) is 0 Å². The van der Waals surface area contributed by atoms with Crippen molar-refractivity contribution in [3.05, 3.63) is 0 Å². The maximum Gasteiger partial charge on any atom is 0.156 e. The minimum atomic E-state index is -2.69. The van der Waals surface area contributed by atoms with Crippen molar-refractivity contribution in [1.29, 1.82) is 0 Å². The molecule has 1 atom stereocenters. The van der Waals surface area contributed by atoms with Crippen LogP contribution in [0.2, 0.25) is 0 Å². The molecule has 0 aromatic heterocycles. The molecule has 0 aromatic rings. The van der Waals surface area contributed by atoms with Crippen LogP contribution >= 0.6 is 0 Å². The molecule has 0 radical (unpaired) electrons. The Morgan fingerprint density at radius 3 is 2.00 bits per heavy atom. The molecule has 66 valence electrons. The van der Waals surface area contributed by atoms with Gasteiger partial charge < -0.3 is 4.48 Å². The average molecular weight is 178 g/mol. The van der Waals surface area contributed by atoms with E-state index in [0.717, 1.165) is 10.9 Å². The zero-order valence-corrected chi connectivity index (χ0v) is 8.19. The third kappa shape index (κ3) is 2.17. The Morgan fingerprint density at radius 2 is 1.82 bits per heavy atom. The van der Waals surface area contributed by atoms with Crippen LogP contribution in [-0.2, 0) is 9.84 Å². The highest BCUT2D eigenvalue weighted by molar-refractivity contribution is 7.91. The Bertz CT molecular complexity index is 238. The van der Waals surface area contributed by atoms with Gasteiger partial charge in [0.05, 0.1) is 26.9 Å². The van der Waals surface area contributed by atoms with E-state index in [1.165, 1.54) is 0 Å². The third-order valence-electron chi connectivity index (χ3n) is 2.30. The van der Waals surface area contributed by atoms with Crippen LogP contribution in [0.5, 0.6) is 0 Å². The van der Waals surface area contributed by atoms with Gasteiger partial charge in [0.1, 0.15) is 11.8 Å². The first-order chi connectivity index (χ1) is 4.81. The molecule has 1 unspecified atom stereocenters.